The van der Waals surface area contributed by atoms with Gasteiger partial charge in [-0.25, -0.2) is 4.98 Å². The van der Waals surface area contributed by atoms with Crippen molar-refractivity contribution in [3.63, 3.8) is 0 Å². The molecule has 0 aliphatic heterocycles. The normalized spacial score (nSPS) is 16.3. The molecule has 0 unspecified atom stereocenters. The number of amides is 1. The molecule has 0 saturated heterocycles. The Morgan fingerprint density at radius 3 is 2.69 bits per heavy atom. The van der Waals surface area contributed by atoms with Gasteiger partial charge in [0.15, 0.2) is 5.82 Å². The highest BCUT2D eigenvalue weighted by Crippen LogP contribution is 2.38. The third-order valence-electron chi connectivity index (χ3n) is 4.94. The largest absolute Gasteiger partial charge is 0.442 e. The molecule has 9 nitrogen and oxygen atoms in total. The SMILES string of the molecule is Cc1nc(C2(NC(=O)c3c(C)oc4ncn(C)c(=O)c34)CCCC2)no1. The van der Waals surface area contributed by atoms with Gasteiger partial charge in [0.1, 0.15) is 23.0 Å². The van der Waals surface area contributed by atoms with E-state index >= 15 is 0 Å². The summed E-state index contributed by atoms with van der Waals surface area (Å²) in [4.78, 5) is 34.0. The van der Waals surface area contributed by atoms with E-state index in [9.17, 15) is 9.59 Å². The van der Waals surface area contributed by atoms with Gasteiger partial charge in [0.05, 0.1) is 5.56 Å². The minimum Gasteiger partial charge on any atom is -0.442 e. The zero-order chi connectivity index (χ0) is 18.5. The molecule has 3 aromatic heterocycles. The molecule has 1 aliphatic rings. The number of nitrogens with zero attached hydrogens (tertiary/aromatic N) is 4. The van der Waals surface area contributed by atoms with E-state index in [-0.39, 0.29) is 22.2 Å². The van der Waals surface area contributed by atoms with Gasteiger partial charge in [-0.3, -0.25) is 9.59 Å². The predicted octanol–water partition coefficient (Wildman–Crippen LogP) is 1.73. The fourth-order valence-corrected chi connectivity index (χ4v) is 3.62. The molecule has 0 spiro atoms. The van der Waals surface area contributed by atoms with Crippen LogP contribution in [0.5, 0.6) is 0 Å². The zero-order valence-electron chi connectivity index (χ0n) is 14.8. The average molecular weight is 357 g/mol. The van der Waals surface area contributed by atoms with Crippen molar-refractivity contribution in [2.24, 2.45) is 7.05 Å². The summed E-state index contributed by atoms with van der Waals surface area (Å²) in [6.45, 7) is 3.36. The van der Waals surface area contributed by atoms with Gasteiger partial charge < -0.3 is 18.8 Å². The molecule has 3 aromatic rings. The lowest BCUT2D eigenvalue weighted by molar-refractivity contribution is 0.0891. The Hall–Kier alpha value is -2.97. The number of carbonyl (C=O) groups is 1. The molecule has 1 amide bonds. The second kappa shape index (κ2) is 5.79. The Kier molecular flexibility index (Phi) is 3.67. The molecule has 1 saturated carbocycles. The van der Waals surface area contributed by atoms with Gasteiger partial charge >= 0.3 is 0 Å². The van der Waals surface area contributed by atoms with Crippen molar-refractivity contribution in [2.45, 2.75) is 45.1 Å². The summed E-state index contributed by atoms with van der Waals surface area (Å²) in [5.41, 5.74) is -0.655. The number of hydrogen-bond donors (Lipinski definition) is 1. The molecule has 1 fully saturated rings. The van der Waals surface area contributed by atoms with E-state index in [1.165, 1.54) is 10.9 Å². The lowest BCUT2D eigenvalue weighted by Gasteiger charge is -2.26. The van der Waals surface area contributed by atoms with Crippen LogP contribution in [0.2, 0.25) is 0 Å². The van der Waals surface area contributed by atoms with Crippen molar-refractivity contribution in [2.75, 3.05) is 0 Å². The van der Waals surface area contributed by atoms with Crippen LogP contribution in [0.4, 0.5) is 0 Å². The second-order valence-corrected chi connectivity index (χ2v) is 6.75. The van der Waals surface area contributed by atoms with Crippen LogP contribution in [0.25, 0.3) is 11.1 Å². The summed E-state index contributed by atoms with van der Waals surface area (Å²) < 4.78 is 12.0. The minimum absolute atomic E-state index is 0.159. The first-order valence-corrected chi connectivity index (χ1v) is 8.49. The maximum absolute atomic E-state index is 13.1. The molecule has 0 bridgehead atoms. The van der Waals surface area contributed by atoms with Gasteiger partial charge in [0, 0.05) is 14.0 Å². The van der Waals surface area contributed by atoms with E-state index in [4.69, 9.17) is 8.94 Å². The highest BCUT2D eigenvalue weighted by atomic mass is 16.5. The van der Waals surface area contributed by atoms with Crippen LogP contribution in [0.3, 0.4) is 0 Å². The number of fused-ring (bicyclic) bond motifs is 1. The van der Waals surface area contributed by atoms with Crippen LogP contribution in [0.1, 0.15) is 53.5 Å². The fraction of sp³-hybridized carbons (Fsp3) is 0.471. The standard InChI is InChI=1S/C17H19N5O4/c1-9-11(12-14(25-9)18-8-22(3)15(12)24)13(23)20-17(6-4-5-7-17)16-19-10(2)26-21-16/h8H,4-7H2,1-3H3,(H,20,23). The van der Waals surface area contributed by atoms with E-state index in [2.05, 4.69) is 20.4 Å². The minimum atomic E-state index is -0.696. The number of carbonyl (C=O) groups excluding carboxylic acids is 1. The maximum atomic E-state index is 13.1. The quantitative estimate of drug-likeness (QED) is 0.758. The summed E-state index contributed by atoms with van der Waals surface area (Å²) in [6.07, 6.45) is 4.69. The molecule has 136 valence electrons. The van der Waals surface area contributed by atoms with Crippen LogP contribution in [-0.4, -0.2) is 25.6 Å². The molecule has 0 radical (unpaired) electrons. The predicted molar refractivity (Wildman–Crippen MR) is 90.6 cm³/mol. The summed E-state index contributed by atoms with van der Waals surface area (Å²) in [7, 11) is 1.58. The lowest BCUT2D eigenvalue weighted by atomic mass is 9.95. The molecule has 26 heavy (non-hydrogen) atoms. The number of hydrogen-bond acceptors (Lipinski definition) is 7. The highest BCUT2D eigenvalue weighted by Gasteiger charge is 2.42. The third-order valence-corrected chi connectivity index (χ3v) is 4.94. The van der Waals surface area contributed by atoms with E-state index in [1.54, 1.807) is 20.9 Å². The summed E-state index contributed by atoms with van der Waals surface area (Å²) >= 11 is 0. The Morgan fingerprint density at radius 2 is 2.04 bits per heavy atom. The van der Waals surface area contributed by atoms with Gasteiger partial charge in [-0.2, -0.15) is 4.98 Å². The molecule has 4 rings (SSSR count). The molecule has 9 heteroatoms. The van der Waals surface area contributed by atoms with Crippen LogP contribution in [0, 0.1) is 13.8 Å². The van der Waals surface area contributed by atoms with Crippen molar-refractivity contribution < 1.29 is 13.7 Å². The Labute approximate surface area is 148 Å². The van der Waals surface area contributed by atoms with Crippen molar-refractivity contribution in [3.05, 3.63) is 39.7 Å². The first kappa shape index (κ1) is 16.5. The number of furan rings is 1. The zero-order valence-corrected chi connectivity index (χ0v) is 14.8. The van der Waals surface area contributed by atoms with Crippen molar-refractivity contribution in [3.8, 4) is 0 Å². The summed E-state index contributed by atoms with van der Waals surface area (Å²) in [5.74, 6) is 0.877. The Morgan fingerprint density at radius 1 is 1.31 bits per heavy atom. The second-order valence-electron chi connectivity index (χ2n) is 6.75. The van der Waals surface area contributed by atoms with E-state index in [0.29, 0.717) is 30.3 Å². The highest BCUT2D eigenvalue weighted by molar-refractivity contribution is 6.06. The number of aromatic nitrogens is 4. The van der Waals surface area contributed by atoms with E-state index in [1.807, 2.05) is 0 Å². The summed E-state index contributed by atoms with van der Waals surface area (Å²) in [5, 5.41) is 7.25. The fourth-order valence-electron chi connectivity index (χ4n) is 3.62. The lowest BCUT2D eigenvalue weighted by Crippen LogP contribution is -2.45. The molecular weight excluding hydrogens is 338 g/mol. The van der Waals surface area contributed by atoms with E-state index < -0.39 is 11.4 Å². The molecule has 0 aromatic carbocycles. The van der Waals surface area contributed by atoms with Crippen molar-refractivity contribution >= 4 is 17.0 Å². The molecule has 0 atom stereocenters. The Bertz CT molecular complexity index is 1050. The van der Waals surface area contributed by atoms with Gasteiger partial charge in [0.2, 0.25) is 11.6 Å². The smallest absolute Gasteiger partial charge is 0.265 e. The first-order chi connectivity index (χ1) is 12.4. The van der Waals surface area contributed by atoms with Crippen LogP contribution in [0.15, 0.2) is 20.1 Å². The molecule has 1 N–H and O–H groups in total. The maximum Gasteiger partial charge on any atom is 0.265 e. The topological polar surface area (TPSA) is 116 Å². The van der Waals surface area contributed by atoms with Gasteiger partial charge in [-0.05, 0) is 19.8 Å². The van der Waals surface area contributed by atoms with Gasteiger partial charge in [0.25, 0.3) is 11.5 Å². The number of rotatable bonds is 3. The molecular formula is C17H19N5O4. The van der Waals surface area contributed by atoms with Crippen LogP contribution >= 0.6 is 0 Å². The Balaban J connectivity index is 1.79. The van der Waals surface area contributed by atoms with Gasteiger partial charge in [-0.15, -0.1) is 0 Å². The van der Waals surface area contributed by atoms with Gasteiger partial charge in [-0.1, -0.05) is 18.0 Å². The monoisotopic (exact) mass is 357 g/mol. The van der Waals surface area contributed by atoms with Crippen LogP contribution < -0.4 is 10.9 Å². The van der Waals surface area contributed by atoms with Crippen LogP contribution in [-0.2, 0) is 12.6 Å². The average Bonchev–Trinajstić information content (AvgIpc) is 3.30. The van der Waals surface area contributed by atoms with Crippen molar-refractivity contribution in [1.82, 2.24) is 25.0 Å². The number of nitrogens with one attached hydrogen (secondary N) is 1. The summed E-state index contributed by atoms with van der Waals surface area (Å²) in [6, 6.07) is 0. The molecule has 1 aliphatic carbocycles. The number of aryl methyl sites for hydroxylation is 3. The van der Waals surface area contributed by atoms with Crippen molar-refractivity contribution in [1.29, 1.82) is 0 Å². The third kappa shape index (κ3) is 2.42. The van der Waals surface area contributed by atoms with E-state index in [0.717, 1.165) is 12.8 Å². The first-order valence-electron chi connectivity index (χ1n) is 8.49. The molecule has 3 heterocycles.